The molecule has 0 amide bonds. The van der Waals surface area contributed by atoms with Crippen LogP contribution in [0.25, 0.3) is 0 Å². The normalized spacial score (nSPS) is 22.5. The number of carbonyl (C=O) groups is 1. The lowest BCUT2D eigenvalue weighted by Gasteiger charge is -2.37. The summed E-state index contributed by atoms with van der Waals surface area (Å²) >= 11 is 5.90. The number of anilines is 1. The van der Waals surface area contributed by atoms with E-state index in [0.717, 1.165) is 31.4 Å². The van der Waals surface area contributed by atoms with E-state index in [2.05, 4.69) is 0 Å². The second-order valence-electron chi connectivity index (χ2n) is 5.18. The van der Waals surface area contributed by atoms with Crippen molar-refractivity contribution in [3.8, 4) is 0 Å². The fourth-order valence-corrected chi connectivity index (χ4v) is 2.95. The third-order valence-electron chi connectivity index (χ3n) is 3.84. The van der Waals surface area contributed by atoms with Crippen LogP contribution in [-0.2, 0) is 9.53 Å². The summed E-state index contributed by atoms with van der Waals surface area (Å²) < 4.78 is 5.44. The molecule has 1 saturated carbocycles. The summed E-state index contributed by atoms with van der Waals surface area (Å²) in [5.74, 6) is -0.820. The summed E-state index contributed by atoms with van der Waals surface area (Å²) in [5, 5.41) is 9.81. The van der Waals surface area contributed by atoms with E-state index in [-0.39, 0.29) is 18.7 Å². The van der Waals surface area contributed by atoms with Gasteiger partial charge in [-0.25, -0.2) is 0 Å². The minimum Gasteiger partial charge on any atom is -0.480 e. The minimum atomic E-state index is -0.820. The predicted octanol–water partition coefficient (Wildman–Crippen LogP) is 3.19. The van der Waals surface area contributed by atoms with Gasteiger partial charge in [0, 0.05) is 23.9 Å². The molecule has 1 fully saturated rings. The first kappa shape index (κ1) is 15.1. The lowest BCUT2D eigenvalue weighted by atomic mass is 9.91. The van der Waals surface area contributed by atoms with Crippen LogP contribution in [0.4, 0.5) is 5.69 Å². The van der Waals surface area contributed by atoms with Gasteiger partial charge in [-0.2, -0.15) is 0 Å². The van der Waals surface area contributed by atoms with Crippen molar-refractivity contribution >= 4 is 23.3 Å². The quantitative estimate of drug-likeness (QED) is 0.907. The van der Waals surface area contributed by atoms with Crippen molar-refractivity contribution in [2.45, 2.75) is 37.8 Å². The number of rotatable bonds is 5. The highest BCUT2D eigenvalue weighted by atomic mass is 35.5. The summed E-state index contributed by atoms with van der Waals surface area (Å²) in [6.07, 6.45) is 4.20. The van der Waals surface area contributed by atoms with E-state index in [1.807, 2.05) is 17.0 Å². The fourth-order valence-electron chi connectivity index (χ4n) is 2.83. The smallest absolute Gasteiger partial charge is 0.323 e. The molecular weight excluding hydrogens is 278 g/mol. The first-order chi connectivity index (χ1) is 9.60. The number of aliphatic carboxylic acids is 1. The summed E-state index contributed by atoms with van der Waals surface area (Å²) in [7, 11) is 1.72. The maximum atomic E-state index is 11.1. The molecule has 4 nitrogen and oxygen atoms in total. The Morgan fingerprint density at radius 3 is 2.70 bits per heavy atom. The number of benzene rings is 1. The van der Waals surface area contributed by atoms with Gasteiger partial charge in [-0.3, -0.25) is 4.79 Å². The fraction of sp³-hybridized carbons (Fsp3) is 0.533. The molecule has 110 valence electrons. The molecule has 0 saturated heterocycles. The first-order valence-corrected chi connectivity index (χ1v) is 7.24. The standard InChI is InChI=1S/C15H20ClNO3/c1-20-14-4-2-3-13(9-14)17(10-15(18)19)12-7-5-11(16)6-8-12/h5-8,13-14H,2-4,9-10H2,1H3,(H,18,19). The average Bonchev–Trinajstić information content (AvgIpc) is 2.46. The first-order valence-electron chi connectivity index (χ1n) is 6.87. The van der Waals surface area contributed by atoms with Crippen LogP contribution in [0.2, 0.25) is 5.02 Å². The number of carboxylic acids is 1. The Morgan fingerprint density at radius 1 is 1.40 bits per heavy atom. The Bertz CT molecular complexity index is 449. The van der Waals surface area contributed by atoms with Gasteiger partial charge in [-0.1, -0.05) is 11.6 Å². The van der Waals surface area contributed by atoms with Gasteiger partial charge < -0.3 is 14.7 Å². The van der Waals surface area contributed by atoms with Crippen molar-refractivity contribution in [1.29, 1.82) is 0 Å². The molecule has 0 bridgehead atoms. The van der Waals surface area contributed by atoms with Crippen molar-refractivity contribution in [1.82, 2.24) is 0 Å². The van der Waals surface area contributed by atoms with Crippen molar-refractivity contribution < 1.29 is 14.6 Å². The van der Waals surface area contributed by atoms with E-state index in [1.165, 1.54) is 0 Å². The topological polar surface area (TPSA) is 49.8 Å². The van der Waals surface area contributed by atoms with Gasteiger partial charge in [0.25, 0.3) is 0 Å². The number of hydrogen-bond acceptors (Lipinski definition) is 3. The van der Waals surface area contributed by atoms with Crippen LogP contribution in [0, 0.1) is 0 Å². The molecule has 2 unspecified atom stereocenters. The van der Waals surface area contributed by atoms with Crippen molar-refractivity contribution in [3.63, 3.8) is 0 Å². The zero-order chi connectivity index (χ0) is 14.5. The van der Waals surface area contributed by atoms with E-state index >= 15 is 0 Å². The highest BCUT2D eigenvalue weighted by Crippen LogP contribution is 2.29. The Balaban J connectivity index is 2.18. The zero-order valence-electron chi connectivity index (χ0n) is 11.6. The summed E-state index contributed by atoms with van der Waals surface area (Å²) in [6.45, 7) is 0.00271. The second kappa shape index (κ2) is 6.95. The van der Waals surface area contributed by atoms with Gasteiger partial charge in [0.15, 0.2) is 0 Å². The average molecular weight is 298 g/mol. The van der Waals surface area contributed by atoms with Crippen LogP contribution in [0.3, 0.4) is 0 Å². The molecule has 0 aromatic heterocycles. The largest absolute Gasteiger partial charge is 0.480 e. The van der Waals surface area contributed by atoms with Gasteiger partial charge in [-0.15, -0.1) is 0 Å². The van der Waals surface area contributed by atoms with Crippen molar-refractivity contribution in [2.75, 3.05) is 18.6 Å². The number of methoxy groups -OCH3 is 1. The number of nitrogens with zero attached hydrogens (tertiary/aromatic N) is 1. The summed E-state index contributed by atoms with van der Waals surface area (Å²) in [4.78, 5) is 13.1. The Hall–Kier alpha value is -1.26. The van der Waals surface area contributed by atoms with Crippen LogP contribution in [-0.4, -0.2) is 36.9 Å². The molecule has 0 aliphatic heterocycles. The zero-order valence-corrected chi connectivity index (χ0v) is 12.3. The van der Waals surface area contributed by atoms with E-state index < -0.39 is 5.97 Å². The number of halogens is 1. The number of carboxylic acid groups (broad SMARTS) is 1. The molecule has 0 heterocycles. The lowest BCUT2D eigenvalue weighted by Crippen LogP contribution is -2.43. The minimum absolute atomic E-state index is 0.00271. The Labute approximate surface area is 124 Å². The number of hydrogen-bond donors (Lipinski definition) is 1. The summed E-state index contributed by atoms with van der Waals surface area (Å²) in [6, 6.07) is 7.54. The van der Waals surface area contributed by atoms with E-state index in [0.29, 0.717) is 5.02 Å². The van der Waals surface area contributed by atoms with Gasteiger partial charge in [0.1, 0.15) is 6.54 Å². The van der Waals surface area contributed by atoms with E-state index in [4.69, 9.17) is 21.4 Å². The van der Waals surface area contributed by atoms with Gasteiger partial charge >= 0.3 is 5.97 Å². The van der Waals surface area contributed by atoms with Crippen molar-refractivity contribution in [2.24, 2.45) is 0 Å². The highest BCUT2D eigenvalue weighted by Gasteiger charge is 2.28. The highest BCUT2D eigenvalue weighted by molar-refractivity contribution is 6.30. The van der Waals surface area contributed by atoms with E-state index in [1.54, 1.807) is 19.2 Å². The molecule has 20 heavy (non-hydrogen) atoms. The molecule has 1 N–H and O–H groups in total. The summed E-state index contributed by atoms with van der Waals surface area (Å²) in [5.41, 5.74) is 0.901. The molecule has 1 aromatic rings. The molecular formula is C15H20ClNO3. The third kappa shape index (κ3) is 3.87. The monoisotopic (exact) mass is 297 g/mol. The second-order valence-corrected chi connectivity index (χ2v) is 5.61. The van der Waals surface area contributed by atoms with Crippen LogP contribution in [0.5, 0.6) is 0 Å². The molecule has 0 spiro atoms. The number of ether oxygens (including phenoxy) is 1. The molecule has 1 aliphatic carbocycles. The maximum absolute atomic E-state index is 11.1. The van der Waals surface area contributed by atoms with Crippen LogP contribution >= 0.6 is 11.6 Å². The maximum Gasteiger partial charge on any atom is 0.323 e. The van der Waals surface area contributed by atoms with Crippen molar-refractivity contribution in [3.05, 3.63) is 29.3 Å². The molecule has 5 heteroatoms. The molecule has 0 radical (unpaired) electrons. The van der Waals surface area contributed by atoms with Gasteiger partial charge in [0.2, 0.25) is 0 Å². The van der Waals surface area contributed by atoms with Crippen LogP contribution in [0.1, 0.15) is 25.7 Å². The Kier molecular flexibility index (Phi) is 5.26. The Morgan fingerprint density at radius 2 is 2.10 bits per heavy atom. The molecule has 2 rings (SSSR count). The van der Waals surface area contributed by atoms with Gasteiger partial charge in [0.05, 0.1) is 6.10 Å². The van der Waals surface area contributed by atoms with Crippen LogP contribution in [0.15, 0.2) is 24.3 Å². The SMILES string of the molecule is COC1CCCC(N(CC(=O)O)c2ccc(Cl)cc2)C1. The molecule has 2 atom stereocenters. The lowest BCUT2D eigenvalue weighted by molar-refractivity contribution is -0.135. The predicted molar refractivity (Wildman–Crippen MR) is 79.5 cm³/mol. The third-order valence-corrected chi connectivity index (χ3v) is 4.09. The van der Waals surface area contributed by atoms with Crippen LogP contribution < -0.4 is 4.90 Å². The van der Waals surface area contributed by atoms with E-state index in [9.17, 15) is 4.79 Å². The molecule has 1 aromatic carbocycles. The van der Waals surface area contributed by atoms with Gasteiger partial charge in [-0.05, 0) is 49.9 Å². The molecule has 1 aliphatic rings.